The van der Waals surface area contributed by atoms with Crippen LogP contribution >= 0.6 is 35.6 Å². The largest absolute Gasteiger partial charge is 0.321 e. The van der Waals surface area contributed by atoms with Gasteiger partial charge in [-0.25, -0.2) is 0 Å². The molecule has 1 aromatic carbocycles. The first kappa shape index (κ1) is 13.6. The number of thiocarbonyl (C=S) groups is 1. The monoisotopic (exact) mass is 324 g/mol. The average molecular weight is 325 g/mol. The van der Waals surface area contributed by atoms with Gasteiger partial charge < -0.3 is 5.32 Å². The third-order valence-electron chi connectivity index (χ3n) is 3.12. The van der Waals surface area contributed by atoms with Crippen LogP contribution in [0.2, 0.25) is 5.02 Å². The molecule has 4 nitrogen and oxygen atoms in total. The number of likely N-dealkylation sites (N-methyl/N-ethyl adjacent to an activating group) is 1. The van der Waals surface area contributed by atoms with E-state index in [1.165, 1.54) is 4.90 Å². The van der Waals surface area contributed by atoms with Crippen LogP contribution in [0.15, 0.2) is 23.1 Å². The quantitative estimate of drug-likeness (QED) is 0.637. The van der Waals surface area contributed by atoms with Gasteiger partial charge in [0.2, 0.25) is 0 Å². The lowest BCUT2D eigenvalue weighted by molar-refractivity contribution is -0.122. The SMILES string of the molecule is CCN1C(=O)/C(=C2/C(=O)Nc3ccc(Cl)cc32)SC1=S. The van der Waals surface area contributed by atoms with E-state index in [0.717, 1.165) is 11.8 Å². The Labute approximate surface area is 130 Å². The van der Waals surface area contributed by atoms with Crippen molar-refractivity contribution in [3.8, 4) is 0 Å². The number of benzene rings is 1. The lowest BCUT2D eigenvalue weighted by Gasteiger charge is -2.09. The Morgan fingerprint density at radius 2 is 2.15 bits per heavy atom. The van der Waals surface area contributed by atoms with Gasteiger partial charge in [0.05, 0.1) is 10.5 Å². The van der Waals surface area contributed by atoms with Gasteiger partial charge in [-0.3, -0.25) is 14.5 Å². The maximum atomic E-state index is 12.3. The summed E-state index contributed by atoms with van der Waals surface area (Å²) in [5, 5.41) is 3.25. The molecule has 0 radical (unpaired) electrons. The van der Waals surface area contributed by atoms with E-state index in [2.05, 4.69) is 5.32 Å². The van der Waals surface area contributed by atoms with Gasteiger partial charge in [0.15, 0.2) is 0 Å². The third-order valence-corrected chi connectivity index (χ3v) is 4.80. The summed E-state index contributed by atoms with van der Waals surface area (Å²) in [5.74, 6) is -0.514. The van der Waals surface area contributed by atoms with Crippen molar-refractivity contribution in [3.05, 3.63) is 33.7 Å². The zero-order valence-corrected chi connectivity index (χ0v) is 12.8. The van der Waals surface area contributed by atoms with Crippen LogP contribution in [0.3, 0.4) is 0 Å². The number of amides is 2. The standard InChI is InChI=1S/C13H9ClN2O2S2/c1-2-16-12(18)10(20-13(16)19)9-7-5-6(14)3-4-8(7)15-11(9)17/h3-5H,2H2,1H3,(H,15,17)/b10-9-. The molecule has 0 bridgehead atoms. The number of hydrogen-bond donors (Lipinski definition) is 1. The van der Waals surface area contributed by atoms with Crippen molar-refractivity contribution in [1.82, 2.24) is 4.90 Å². The third kappa shape index (κ3) is 1.95. The molecule has 0 atom stereocenters. The molecule has 2 aliphatic rings. The zero-order valence-electron chi connectivity index (χ0n) is 10.4. The molecule has 102 valence electrons. The van der Waals surface area contributed by atoms with Gasteiger partial charge in [0, 0.05) is 22.8 Å². The number of carbonyl (C=O) groups is 2. The molecule has 7 heteroatoms. The molecule has 0 aliphatic carbocycles. The second-order valence-corrected chi connectivity index (χ2v) is 6.35. The van der Waals surface area contributed by atoms with Crippen molar-refractivity contribution in [2.24, 2.45) is 0 Å². The van der Waals surface area contributed by atoms with Gasteiger partial charge in [0.1, 0.15) is 4.32 Å². The van der Waals surface area contributed by atoms with Gasteiger partial charge in [-0.1, -0.05) is 35.6 Å². The Balaban J connectivity index is 2.18. The van der Waals surface area contributed by atoms with Crippen molar-refractivity contribution in [2.45, 2.75) is 6.92 Å². The fraction of sp³-hybridized carbons (Fsp3) is 0.154. The van der Waals surface area contributed by atoms with Crippen LogP contribution in [0.5, 0.6) is 0 Å². The minimum atomic E-state index is -0.293. The van der Waals surface area contributed by atoms with Gasteiger partial charge in [-0.05, 0) is 25.1 Å². The number of hydrogen-bond acceptors (Lipinski definition) is 4. The summed E-state index contributed by atoms with van der Waals surface area (Å²) in [6.07, 6.45) is 0. The summed E-state index contributed by atoms with van der Waals surface area (Å²) in [5.41, 5.74) is 1.67. The van der Waals surface area contributed by atoms with Crippen molar-refractivity contribution in [3.63, 3.8) is 0 Å². The zero-order chi connectivity index (χ0) is 14.4. The van der Waals surface area contributed by atoms with Crippen LogP contribution in [0.4, 0.5) is 5.69 Å². The van der Waals surface area contributed by atoms with Gasteiger partial charge in [0.25, 0.3) is 11.8 Å². The number of rotatable bonds is 1. The van der Waals surface area contributed by atoms with Crippen molar-refractivity contribution >= 4 is 63.0 Å². The van der Waals surface area contributed by atoms with Crippen molar-refractivity contribution in [2.75, 3.05) is 11.9 Å². The van der Waals surface area contributed by atoms with E-state index in [-0.39, 0.29) is 11.8 Å². The summed E-state index contributed by atoms with van der Waals surface area (Å²) >= 11 is 12.3. The predicted octanol–water partition coefficient (Wildman–Crippen LogP) is 2.88. The molecule has 0 spiro atoms. The van der Waals surface area contributed by atoms with Crippen molar-refractivity contribution in [1.29, 1.82) is 0 Å². The Hall–Kier alpha value is -1.37. The van der Waals surface area contributed by atoms with E-state index in [0.29, 0.717) is 37.6 Å². The maximum absolute atomic E-state index is 12.3. The first-order chi connectivity index (χ1) is 9.52. The Morgan fingerprint density at radius 1 is 1.40 bits per heavy atom. The summed E-state index contributed by atoms with van der Waals surface area (Å²) in [7, 11) is 0. The van der Waals surface area contributed by atoms with Gasteiger partial charge >= 0.3 is 0 Å². The molecule has 3 rings (SSSR count). The first-order valence-corrected chi connectivity index (χ1v) is 7.52. The first-order valence-electron chi connectivity index (χ1n) is 5.92. The molecule has 2 aliphatic heterocycles. The number of thioether (sulfide) groups is 1. The number of fused-ring (bicyclic) bond motifs is 1. The molecule has 1 fully saturated rings. The van der Waals surface area contributed by atoms with Crippen LogP contribution in [-0.4, -0.2) is 27.6 Å². The number of anilines is 1. The maximum Gasteiger partial charge on any atom is 0.266 e. The Kier molecular flexibility index (Phi) is 3.32. The van der Waals surface area contributed by atoms with E-state index in [9.17, 15) is 9.59 Å². The molecule has 1 N–H and O–H groups in total. The van der Waals surface area contributed by atoms with Crippen LogP contribution in [0.25, 0.3) is 5.57 Å². The normalized spacial score (nSPS) is 21.5. The fourth-order valence-electron chi connectivity index (χ4n) is 2.19. The molecule has 2 amide bonds. The van der Waals surface area contributed by atoms with E-state index >= 15 is 0 Å². The van der Waals surface area contributed by atoms with E-state index in [4.69, 9.17) is 23.8 Å². The second kappa shape index (κ2) is 4.87. The van der Waals surface area contributed by atoms with Gasteiger partial charge in [-0.2, -0.15) is 0 Å². The van der Waals surface area contributed by atoms with Gasteiger partial charge in [-0.15, -0.1) is 0 Å². The highest BCUT2D eigenvalue weighted by atomic mass is 35.5. The van der Waals surface area contributed by atoms with Crippen LogP contribution in [-0.2, 0) is 9.59 Å². The van der Waals surface area contributed by atoms with E-state index in [1.807, 2.05) is 6.92 Å². The summed E-state index contributed by atoms with van der Waals surface area (Å²) in [4.78, 5) is 26.3. The number of carbonyl (C=O) groups excluding carboxylic acids is 2. The highest BCUT2D eigenvalue weighted by molar-refractivity contribution is 8.26. The second-order valence-electron chi connectivity index (χ2n) is 4.27. The molecule has 1 aromatic rings. The Bertz CT molecular complexity index is 700. The van der Waals surface area contributed by atoms with Crippen LogP contribution < -0.4 is 5.32 Å². The lowest BCUT2D eigenvalue weighted by atomic mass is 10.1. The molecular weight excluding hydrogens is 316 g/mol. The summed E-state index contributed by atoms with van der Waals surface area (Å²) in [6, 6.07) is 5.10. The highest BCUT2D eigenvalue weighted by Crippen LogP contribution is 2.42. The topological polar surface area (TPSA) is 49.4 Å². The van der Waals surface area contributed by atoms with Crippen molar-refractivity contribution < 1.29 is 9.59 Å². The smallest absolute Gasteiger partial charge is 0.266 e. The highest BCUT2D eigenvalue weighted by Gasteiger charge is 2.38. The molecule has 1 saturated heterocycles. The van der Waals surface area contributed by atoms with Crippen LogP contribution in [0.1, 0.15) is 12.5 Å². The molecule has 0 aromatic heterocycles. The molecule has 2 heterocycles. The predicted molar refractivity (Wildman–Crippen MR) is 84.6 cm³/mol. The van der Waals surface area contributed by atoms with Crippen LogP contribution in [0, 0.1) is 0 Å². The number of nitrogens with zero attached hydrogens (tertiary/aromatic N) is 1. The Morgan fingerprint density at radius 3 is 2.80 bits per heavy atom. The van der Waals surface area contributed by atoms with E-state index < -0.39 is 0 Å². The minimum absolute atomic E-state index is 0.222. The average Bonchev–Trinajstić information content (AvgIpc) is 2.85. The number of halogens is 1. The molecular formula is C13H9ClN2O2S2. The molecule has 0 unspecified atom stereocenters. The summed E-state index contributed by atoms with van der Waals surface area (Å²) < 4.78 is 0.475. The van der Waals surface area contributed by atoms with E-state index in [1.54, 1.807) is 18.2 Å². The molecule has 0 saturated carbocycles. The fourth-order valence-corrected chi connectivity index (χ4v) is 3.82. The lowest BCUT2D eigenvalue weighted by Crippen LogP contribution is -2.27. The summed E-state index contributed by atoms with van der Waals surface area (Å²) in [6.45, 7) is 2.34. The molecule has 20 heavy (non-hydrogen) atoms. The number of nitrogens with one attached hydrogen (secondary N) is 1. The minimum Gasteiger partial charge on any atom is -0.321 e.